The van der Waals surface area contributed by atoms with Gasteiger partial charge in [0.1, 0.15) is 11.6 Å². The lowest BCUT2D eigenvalue weighted by atomic mass is 9.99. The molecule has 0 radical (unpaired) electrons. The maximum absolute atomic E-state index is 15.4. The molecule has 66 heavy (non-hydrogen) atoms. The molecule has 12 aromatic rings. The minimum atomic E-state index is -0.950. The molecule has 0 bridgehead atoms. The predicted molar refractivity (Wildman–Crippen MR) is 267 cm³/mol. The number of hydrogen-bond donors (Lipinski definition) is 0. The molecule has 2 heterocycles. The Kier molecular flexibility index (Phi) is 9.25. The molecule has 0 fully saturated rings. The van der Waals surface area contributed by atoms with E-state index in [-0.39, 0.29) is 0 Å². The Hall–Kier alpha value is -8.85. The fraction of sp³-hybridized carbons (Fsp3) is 0. The molecule has 0 spiro atoms. The monoisotopic (exact) mass is 849 g/mol. The summed E-state index contributed by atoms with van der Waals surface area (Å²) in [7, 11) is 0. The number of aromatic nitrogens is 2. The van der Waals surface area contributed by atoms with Gasteiger partial charge in [-0.15, -0.1) is 0 Å². The minimum absolute atomic E-state index is 0.421. The molecule has 5 heteroatoms. The zero-order chi connectivity index (χ0) is 44.3. The van der Waals surface area contributed by atoms with E-state index in [1.165, 1.54) is 12.1 Å². The second-order valence-corrected chi connectivity index (χ2v) is 16.7. The van der Waals surface area contributed by atoms with Gasteiger partial charge >= 0.3 is 0 Å². The van der Waals surface area contributed by atoms with Crippen molar-refractivity contribution >= 4 is 43.6 Å². The van der Waals surface area contributed by atoms with E-state index in [9.17, 15) is 9.65 Å². The van der Waals surface area contributed by atoms with Crippen LogP contribution in [0.2, 0.25) is 0 Å². The highest BCUT2D eigenvalue weighted by Crippen LogP contribution is 2.43. The highest BCUT2D eigenvalue weighted by molar-refractivity contribution is 6.13. The van der Waals surface area contributed by atoms with Gasteiger partial charge in [-0.3, -0.25) is 0 Å². The first-order valence-corrected chi connectivity index (χ1v) is 21.9. The lowest BCUT2D eigenvalue weighted by Gasteiger charge is -2.19. The number of rotatable bonds is 7. The maximum Gasteiger partial charge on any atom is 0.159 e. The average Bonchev–Trinajstić information content (AvgIpc) is 3.88. The number of nitriles is 1. The largest absolute Gasteiger partial charge is 0.308 e. The van der Waals surface area contributed by atoms with Crippen LogP contribution in [-0.4, -0.2) is 9.13 Å². The van der Waals surface area contributed by atoms with Gasteiger partial charge in [0.15, 0.2) is 11.6 Å². The molecule has 0 saturated carbocycles. The second-order valence-electron chi connectivity index (χ2n) is 16.7. The zero-order valence-electron chi connectivity index (χ0n) is 35.5. The number of benzene rings is 10. The van der Waals surface area contributed by atoms with Crippen LogP contribution in [0.1, 0.15) is 5.56 Å². The first kappa shape index (κ1) is 38.8. The molecule has 3 nitrogen and oxygen atoms in total. The summed E-state index contributed by atoms with van der Waals surface area (Å²) in [6, 6.07) is 77.7. The van der Waals surface area contributed by atoms with Gasteiger partial charge < -0.3 is 9.13 Å². The Morgan fingerprint density at radius 1 is 0.288 bits per heavy atom. The molecule has 310 valence electrons. The fourth-order valence-corrected chi connectivity index (χ4v) is 9.72. The van der Waals surface area contributed by atoms with Crippen LogP contribution in [0.5, 0.6) is 0 Å². The highest BCUT2D eigenvalue weighted by atomic mass is 19.2. The quantitative estimate of drug-likeness (QED) is 0.157. The normalized spacial score (nSPS) is 11.5. The van der Waals surface area contributed by atoms with Crippen molar-refractivity contribution in [2.75, 3.05) is 0 Å². The predicted octanol–water partition coefficient (Wildman–Crippen LogP) is 16.4. The Bertz CT molecular complexity index is 3470. The SMILES string of the molecule is N#Cc1c(-n2c3cc(-c4ccccc4)ccc3c3ccc(-c4ccccc4)cc32)cc(-c2ccc(F)c(F)c2)cc1-n1c2cc(-c3ccccc3)ccc2c2ccc(-c3ccccc3)cc21. The third-order valence-corrected chi connectivity index (χ3v) is 12.9. The van der Waals surface area contributed by atoms with Crippen LogP contribution < -0.4 is 0 Å². The Morgan fingerprint density at radius 3 is 0.894 bits per heavy atom. The average molecular weight is 850 g/mol. The van der Waals surface area contributed by atoms with Gasteiger partial charge in [-0.25, -0.2) is 8.78 Å². The summed E-state index contributed by atoms with van der Waals surface area (Å²) in [5.41, 5.74) is 14.7. The Labute approximate surface area is 379 Å². The first-order chi connectivity index (χ1) is 32.5. The van der Waals surface area contributed by atoms with E-state index in [4.69, 9.17) is 0 Å². The van der Waals surface area contributed by atoms with Gasteiger partial charge in [0.05, 0.1) is 33.4 Å². The van der Waals surface area contributed by atoms with Crippen LogP contribution in [0.15, 0.2) is 224 Å². The van der Waals surface area contributed by atoms with E-state index < -0.39 is 11.6 Å². The van der Waals surface area contributed by atoms with Gasteiger partial charge in [0, 0.05) is 21.5 Å². The molecule has 0 aliphatic heterocycles. The van der Waals surface area contributed by atoms with Crippen LogP contribution in [0.25, 0.3) is 111 Å². The summed E-state index contributed by atoms with van der Waals surface area (Å²) >= 11 is 0. The van der Waals surface area contributed by atoms with Crippen molar-refractivity contribution in [1.82, 2.24) is 9.13 Å². The van der Waals surface area contributed by atoms with Gasteiger partial charge in [0.25, 0.3) is 0 Å². The van der Waals surface area contributed by atoms with E-state index in [2.05, 4.69) is 137 Å². The summed E-state index contributed by atoms with van der Waals surface area (Å²) in [4.78, 5) is 0. The van der Waals surface area contributed by atoms with E-state index >= 15 is 4.39 Å². The number of hydrogen-bond acceptors (Lipinski definition) is 1. The molecule has 0 N–H and O–H groups in total. The minimum Gasteiger partial charge on any atom is -0.308 e. The summed E-state index contributed by atoms with van der Waals surface area (Å²) < 4.78 is 34.5. The van der Waals surface area contributed by atoms with Crippen LogP contribution in [0.4, 0.5) is 8.78 Å². The molecule has 10 aromatic carbocycles. The maximum atomic E-state index is 15.4. The van der Waals surface area contributed by atoms with Gasteiger partial charge in [-0.2, -0.15) is 5.26 Å². The molecule has 0 unspecified atom stereocenters. The second kappa shape index (κ2) is 15.7. The van der Waals surface area contributed by atoms with Crippen LogP contribution in [0, 0.1) is 23.0 Å². The smallest absolute Gasteiger partial charge is 0.159 e. The van der Waals surface area contributed by atoms with Gasteiger partial charge in [0.2, 0.25) is 0 Å². The van der Waals surface area contributed by atoms with E-state index in [0.29, 0.717) is 28.1 Å². The summed E-state index contributed by atoms with van der Waals surface area (Å²) in [6.07, 6.45) is 0. The van der Waals surface area contributed by atoms with E-state index in [0.717, 1.165) is 88.1 Å². The van der Waals surface area contributed by atoms with Crippen molar-refractivity contribution < 1.29 is 8.78 Å². The lowest BCUT2D eigenvalue weighted by molar-refractivity contribution is 0.509. The Morgan fingerprint density at radius 2 is 0.591 bits per heavy atom. The summed E-state index contributed by atoms with van der Waals surface area (Å²) in [5, 5.41) is 15.8. The number of nitrogens with zero attached hydrogens (tertiary/aromatic N) is 3. The summed E-state index contributed by atoms with van der Waals surface area (Å²) in [6.45, 7) is 0. The fourth-order valence-electron chi connectivity index (χ4n) is 9.72. The van der Waals surface area contributed by atoms with Crippen LogP contribution in [-0.2, 0) is 0 Å². The molecule has 0 atom stereocenters. The molecule has 0 aliphatic rings. The lowest BCUT2D eigenvalue weighted by Crippen LogP contribution is -2.05. The van der Waals surface area contributed by atoms with Crippen molar-refractivity contribution in [3.63, 3.8) is 0 Å². The van der Waals surface area contributed by atoms with Crippen molar-refractivity contribution in [3.8, 4) is 73.1 Å². The van der Waals surface area contributed by atoms with Gasteiger partial charge in [-0.1, -0.05) is 176 Å². The molecule has 0 amide bonds. The molecule has 12 rings (SSSR count). The molecule has 0 aliphatic carbocycles. The summed E-state index contributed by atoms with van der Waals surface area (Å²) in [5.74, 6) is -1.88. The van der Waals surface area contributed by atoms with Crippen molar-refractivity contribution in [2.45, 2.75) is 0 Å². The third-order valence-electron chi connectivity index (χ3n) is 12.9. The van der Waals surface area contributed by atoms with Crippen molar-refractivity contribution in [2.24, 2.45) is 0 Å². The van der Waals surface area contributed by atoms with Crippen molar-refractivity contribution in [1.29, 1.82) is 5.26 Å². The van der Waals surface area contributed by atoms with Gasteiger partial charge in [-0.05, 0) is 104 Å². The highest BCUT2D eigenvalue weighted by Gasteiger charge is 2.24. The van der Waals surface area contributed by atoms with Crippen LogP contribution in [0.3, 0.4) is 0 Å². The topological polar surface area (TPSA) is 33.6 Å². The first-order valence-electron chi connectivity index (χ1n) is 21.9. The zero-order valence-corrected chi connectivity index (χ0v) is 35.5. The Balaban J connectivity index is 1.24. The van der Waals surface area contributed by atoms with Crippen LogP contribution >= 0.6 is 0 Å². The standard InChI is InChI=1S/C61H37F2N3/c62-54-30-25-43(31-55(54)63)48-36-60(65-56-32-44(39-13-5-1-6-14-39)21-26-49(56)50-27-22-45(33-57(50)65)40-15-7-2-8-16-40)53(38-64)61(37-48)66-58-34-46(41-17-9-3-10-18-41)23-28-51(58)52-29-24-47(35-59(52)66)42-19-11-4-12-20-42/h1-37H. The van der Waals surface area contributed by atoms with E-state index in [1.807, 2.05) is 84.9 Å². The number of halogens is 2. The molecule has 0 saturated heterocycles. The third kappa shape index (κ3) is 6.47. The molecular weight excluding hydrogens is 813 g/mol. The molecular formula is C61H37F2N3. The van der Waals surface area contributed by atoms with Crippen molar-refractivity contribution in [3.05, 3.63) is 242 Å². The molecule has 2 aromatic heterocycles. The van der Waals surface area contributed by atoms with E-state index in [1.54, 1.807) is 6.07 Å². The number of fused-ring (bicyclic) bond motifs is 6.